The van der Waals surface area contributed by atoms with Crippen molar-refractivity contribution in [2.24, 2.45) is 0 Å². The molecule has 0 amide bonds. The van der Waals surface area contributed by atoms with Crippen molar-refractivity contribution in [2.45, 2.75) is 38.9 Å². The van der Waals surface area contributed by atoms with Crippen molar-refractivity contribution in [2.75, 3.05) is 19.7 Å². The largest absolute Gasteiger partial charge is 0.492 e. The fourth-order valence-corrected chi connectivity index (χ4v) is 4.69. The average molecular weight is 460 g/mol. The van der Waals surface area contributed by atoms with Crippen LogP contribution in [-0.4, -0.2) is 36.9 Å². The predicted molar refractivity (Wildman–Crippen MR) is 130 cm³/mol. The second-order valence-corrected chi connectivity index (χ2v) is 9.12. The second kappa shape index (κ2) is 9.39. The number of rotatable bonds is 8. The van der Waals surface area contributed by atoms with Gasteiger partial charge in [0.2, 0.25) is 0 Å². The Morgan fingerprint density at radius 3 is 2.56 bits per heavy atom. The van der Waals surface area contributed by atoms with Crippen LogP contribution in [0.4, 0.5) is 0 Å². The van der Waals surface area contributed by atoms with E-state index in [0.29, 0.717) is 24.7 Å². The van der Waals surface area contributed by atoms with Gasteiger partial charge >= 0.3 is 5.97 Å². The monoisotopic (exact) mass is 459 g/mol. The maximum absolute atomic E-state index is 11.0. The molecule has 2 aliphatic heterocycles. The molecule has 3 aromatic carbocycles. The fraction of sp³-hybridized carbons (Fsp3) is 0.321. The quantitative estimate of drug-likeness (QED) is 0.502. The number of hydrogen-bond acceptors (Lipinski definition) is 5. The third-order valence-electron chi connectivity index (χ3n) is 6.46. The molecule has 176 valence electrons. The first-order valence-electron chi connectivity index (χ1n) is 11.7. The Labute approximate surface area is 199 Å². The number of aliphatic carboxylic acids is 1. The lowest BCUT2D eigenvalue weighted by atomic mass is 9.94. The van der Waals surface area contributed by atoms with Crippen molar-refractivity contribution in [3.63, 3.8) is 0 Å². The SMILES string of the molecule is Cc1cc(OC2CNC2)cc(C)c1-c1cccc(COc2ccc3c(c2)OCC3CC(=O)O)c1. The standard InChI is InChI=1S/C28H29NO5/c1-17-8-23(34-24-13-29-14-24)9-18(2)28(17)20-5-3-4-19(10-20)15-32-22-6-7-25-21(11-27(30)31)16-33-26(25)12-22/h3-10,12,21,24,29H,11,13-16H2,1-2H3,(H,30,31). The first kappa shape index (κ1) is 22.3. The van der Waals surface area contributed by atoms with Gasteiger partial charge in [0, 0.05) is 30.6 Å². The third-order valence-corrected chi connectivity index (χ3v) is 6.46. The van der Waals surface area contributed by atoms with E-state index in [1.54, 1.807) is 0 Å². The molecule has 1 fully saturated rings. The zero-order valence-corrected chi connectivity index (χ0v) is 19.5. The molecule has 2 N–H and O–H groups in total. The minimum absolute atomic E-state index is 0.0731. The highest BCUT2D eigenvalue weighted by atomic mass is 16.5. The summed E-state index contributed by atoms with van der Waals surface area (Å²) < 4.78 is 17.8. The van der Waals surface area contributed by atoms with Crippen molar-refractivity contribution in [3.05, 3.63) is 76.9 Å². The van der Waals surface area contributed by atoms with Crippen LogP contribution in [0.25, 0.3) is 11.1 Å². The number of carboxylic acid groups (broad SMARTS) is 1. The number of carboxylic acids is 1. The van der Waals surface area contributed by atoms with Crippen molar-refractivity contribution < 1.29 is 24.1 Å². The van der Waals surface area contributed by atoms with E-state index in [2.05, 4.69) is 55.6 Å². The zero-order chi connectivity index (χ0) is 23.7. The van der Waals surface area contributed by atoms with E-state index in [-0.39, 0.29) is 18.4 Å². The molecule has 2 aliphatic rings. The molecule has 0 aliphatic carbocycles. The Hall–Kier alpha value is -3.51. The summed E-state index contributed by atoms with van der Waals surface area (Å²) in [6.07, 6.45) is 0.335. The predicted octanol–water partition coefficient (Wildman–Crippen LogP) is 4.85. The van der Waals surface area contributed by atoms with Crippen molar-refractivity contribution in [1.29, 1.82) is 0 Å². The first-order chi connectivity index (χ1) is 16.5. The van der Waals surface area contributed by atoms with Gasteiger partial charge in [0.05, 0.1) is 13.0 Å². The summed E-state index contributed by atoms with van der Waals surface area (Å²) >= 11 is 0. The Kier molecular flexibility index (Phi) is 6.16. The van der Waals surface area contributed by atoms with Crippen LogP contribution in [0.1, 0.15) is 34.6 Å². The molecule has 0 aromatic heterocycles. The van der Waals surface area contributed by atoms with Gasteiger partial charge in [-0.05, 0) is 65.9 Å². The lowest BCUT2D eigenvalue weighted by molar-refractivity contribution is -0.137. The van der Waals surface area contributed by atoms with Gasteiger partial charge in [0.1, 0.15) is 30.0 Å². The van der Waals surface area contributed by atoms with Crippen LogP contribution >= 0.6 is 0 Å². The highest BCUT2D eigenvalue weighted by molar-refractivity contribution is 5.72. The van der Waals surface area contributed by atoms with Gasteiger partial charge < -0.3 is 24.6 Å². The van der Waals surface area contributed by atoms with Crippen LogP contribution in [0.2, 0.25) is 0 Å². The second-order valence-electron chi connectivity index (χ2n) is 9.12. The molecule has 1 atom stereocenters. The van der Waals surface area contributed by atoms with Crippen LogP contribution in [0.15, 0.2) is 54.6 Å². The highest BCUT2D eigenvalue weighted by Gasteiger charge is 2.26. The molecule has 0 spiro atoms. The van der Waals surface area contributed by atoms with E-state index in [0.717, 1.165) is 35.5 Å². The van der Waals surface area contributed by atoms with Crippen LogP contribution < -0.4 is 19.5 Å². The van der Waals surface area contributed by atoms with E-state index in [1.165, 1.54) is 16.7 Å². The maximum Gasteiger partial charge on any atom is 0.304 e. The number of hydrogen-bond donors (Lipinski definition) is 2. The first-order valence-corrected chi connectivity index (χ1v) is 11.7. The number of fused-ring (bicyclic) bond motifs is 1. The summed E-state index contributed by atoms with van der Waals surface area (Å²) in [4.78, 5) is 11.0. The molecule has 0 saturated carbocycles. The lowest BCUT2D eigenvalue weighted by Crippen LogP contribution is -2.50. The molecule has 34 heavy (non-hydrogen) atoms. The fourth-order valence-electron chi connectivity index (χ4n) is 4.69. The van der Waals surface area contributed by atoms with Gasteiger partial charge in [0.25, 0.3) is 0 Å². The summed E-state index contributed by atoms with van der Waals surface area (Å²) in [5.74, 6) is 1.43. The number of aryl methyl sites for hydroxylation is 2. The molecule has 6 heteroatoms. The van der Waals surface area contributed by atoms with Crippen molar-refractivity contribution >= 4 is 5.97 Å². The van der Waals surface area contributed by atoms with Gasteiger partial charge in [0.15, 0.2) is 0 Å². The zero-order valence-electron chi connectivity index (χ0n) is 19.5. The highest BCUT2D eigenvalue weighted by Crippen LogP contribution is 2.38. The summed E-state index contributed by atoms with van der Waals surface area (Å²) in [6, 6.07) is 18.3. The minimum atomic E-state index is -0.815. The average Bonchev–Trinajstić information content (AvgIpc) is 3.16. The number of ether oxygens (including phenoxy) is 3. The molecule has 1 unspecified atom stereocenters. The molecule has 1 saturated heterocycles. The number of nitrogens with one attached hydrogen (secondary N) is 1. The van der Waals surface area contributed by atoms with E-state index in [4.69, 9.17) is 19.3 Å². The third kappa shape index (κ3) is 4.73. The summed E-state index contributed by atoms with van der Waals surface area (Å²) in [7, 11) is 0. The van der Waals surface area contributed by atoms with Crippen LogP contribution in [0.5, 0.6) is 17.2 Å². The molecule has 3 aromatic rings. The molecule has 6 nitrogen and oxygen atoms in total. The molecule has 2 heterocycles. The molecule has 0 radical (unpaired) electrons. The minimum Gasteiger partial charge on any atom is -0.492 e. The summed E-state index contributed by atoms with van der Waals surface area (Å²) in [5.41, 5.74) is 6.75. The molecular weight excluding hydrogens is 430 g/mol. The van der Waals surface area contributed by atoms with Gasteiger partial charge in [-0.3, -0.25) is 4.79 Å². The molecule has 5 rings (SSSR count). The Morgan fingerprint density at radius 2 is 1.85 bits per heavy atom. The van der Waals surface area contributed by atoms with Crippen molar-refractivity contribution in [1.82, 2.24) is 5.32 Å². The van der Waals surface area contributed by atoms with E-state index in [1.807, 2.05) is 18.2 Å². The van der Waals surface area contributed by atoms with E-state index >= 15 is 0 Å². The Bertz CT molecular complexity index is 1190. The van der Waals surface area contributed by atoms with Crippen LogP contribution in [0.3, 0.4) is 0 Å². The smallest absolute Gasteiger partial charge is 0.304 e. The van der Waals surface area contributed by atoms with E-state index in [9.17, 15) is 4.79 Å². The molecule has 0 bridgehead atoms. The topological polar surface area (TPSA) is 77.0 Å². The lowest BCUT2D eigenvalue weighted by Gasteiger charge is -2.28. The normalized spacial score (nSPS) is 16.9. The van der Waals surface area contributed by atoms with Gasteiger partial charge in [-0.2, -0.15) is 0 Å². The van der Waals surface area contributed by atoms with Gasteiger partial charge in [-0.25, -0.2) is 0 Å². The molecular formula is C28H29NO5. The Morgan fingerprint density at radius 1 is 1.06 bits per heavy atom. The van der Waals surface area contributed by atoms with Gasteiger partial charge in [-0.15, -0.1) is 0 Å². The summed E-state index contributed by atoms with van der Waals surface area (Å²) in [5, 5.41) is 12.3. The number of benzene rings is 3. The van der Waals surface area contributed by atoms with E-state index < -0.39 is 5.97 Å². The maximum atomic E-state index is 11.0. The van der Waals surface area contributed by atoms with Crippen LogP contribution in [-0.2, 0) is 11.4 Å². The van der Waals surface area contributed by atoms with Gasteiger partial charge in [-0.1, -0.05) is 24.3 Å². The Balaban J connectivity index is 1.28. The number of carbonyl (C=O) groups is 1. The van der Waals surface area contributed by atoms with Crippen LogP contribution in [0, 0.1) is 13.8 Å². The van der Waals surface area contributed by atoms with Crippen molar-refractivity contribution in [3.8, 4) is 28.4 Å². The summed E-state index contributed by atoms with van der Waals surface area (Å²) in [6.45, 7) is 6.88.